The van der Waals surface area contributed by atoms with Crippen LogP contribution in [-0.2, 0) is 21.2 Å². The lowest BCUT2D eigenvalue weighted by Gasteiger charge is -2.14. The van der Waals surface area contributed by atoms with Crippen LogP contribution in [0.5, 0.6) is 5.75 Å². The van der Waals surface area contributed by atoms with Gasteiger partial charge in [0.25, 0.3) is 0 Å². The maximum Gasteiger partial charge on any atom is 0.242 e. The Bertz CT molecular complexity index is 655. The van der Waals surface area contributed by atoms with Crippen LogP contribution in [0.3, 0.4) is 0 Å². The van der Waals surface area contributed by atoms with E-state index < -0.39 is 10.0 Å². The maximum atomic E-state index is 12.2. The van der Waals surface area contributed by atoms with Crippen molar-refractivity contribution in [2.24, 2.45) is 5.92 Å². The van der Waals surface area contributed by atoms with Crippen molar-refractivity contribution in [2.75, 3.05) is 27.7 Å². The highest BCUT2D eigenvalue weighted by atomic mass is 32.2. The van der Waals surface area contributed by atoms with Gasteiger partial charge in [0.15, 0.2) is 0 Å². The largest absolute Gasteiger partial charge is 0.496 e. The zero-order valence-corrected chi connectivity index (χ0v) is 15.9. The lowest BCUT2D eigenvalue weighted by atomic mass is 10.1. The summed E-state index contributed by atoms with van der Waals surface area (Å²) in [6.07, 6.45) is 1.65. The van der Waals surface area contributed by atoms with Crippen LogP contribution in [0.4, 0.5) is 0 Å². The highest BCUT2D eigenvalue weighted by Gasteiger charge is 2.19. The second-order valence-electron chi connectivity index (χ2n) is 6.29. The minimum Gasteiger partial charge on any atom is -0.496 e. The van der Waals surface area contributed by atoms with E-state index in [0.29, 0.717) is 36.6 Å². The molecule has 0 saturated heterocycles. The van der Waals surface area contributed by atoms with Gasteiger partial charge in [-0.2, -0.15) is 0 Å². The number of ether oxygens (including phenoxy) is 1. The van der Waals surface area contributed by atoms with Crippen molar-refractivity contribution in [3.05, 3.63) is 23.8 Å². The summed E-state index contributed by atoms with van der Waals surface area (Å²) in [6, 6.07) is 4.72. The smallest absolute Gasteiger partial charge is 0.242 e. The van der Waals surface area contributed by atoms with Crippen LogP contribution < -0.4 is 10.1 Å². The minimum atomic E-state index is -3.51. The first-order valence-electron chi connectivity index (χ1n) is 8.04. The average Bonchev–Trinajstić information content (AvgIpc) is 2.52. The normalized spacial score (nSPS) is 11.8. The van der Waals surface area contributed by atoms with Crippen molar-refractivity contribution in [1.82, 2.24) is 9.62 Å². The summed E-state index contributed by atoms with van der Waals surface area (Å²) in [5, 5.41) is 2.88. The van der Waals surface area contributed by atoms with E-state index in [1.165, 1.54) is 27.3 Å². The highest BCUT2D eigenvalue weighted by molar-refractivity contribution is 7.89. The van der Waals surface area contributed by atoms with Gasteiger partial charge in [0.2, 0.25) is 15.9 Å². The number of aryl methyl sites for hydroxylation is 1. The molecule has 1 amide bonds. The monoisotopic (exact) mass is 356 g/mol. The SMILES string of the molecule is COc1ccc(S(=O)(=O)N(C)C)cc1CCC(=O)NCCC(C)C. The number of hydrogen-bond acceptors (Lipinski definition) is 4. The number of hydrogen-bond donors (Lipinski definition) is 1. The van der Waals surface area contributed by atoms with Crippen molar-refractivity contribution >= 4 is 15.9 Å². The summed E-state index contributed by atoms with van der Waals surface area (Å²) in [5.74, 6) is 1.08. The first kappa shape index (κ1) is 20.4. The topological polar surface area (TPSA) is 75.7 Å². The van der Waals surface area contributed by atoms with E-state index in [4.69, 9.17) is 4.74 Å². The number of benzene rings is 1. The summed E-state index contributed by atoms with van der Waals surface area (Å²) in [6.45, 7) is 4.87. The van der Waals surface area contributed by atoms with Crippen LogP contribution in [0.2, 0.25) is 0 Å². The molecule has 1 rings (SSSR count). The van der Waals surface area contributed by atoms with Crippen LogP contribution >= 0.6 is 0 Å². The molecule has 1 N–H and O–H groups in total. The quantitative estimate of drug-likeness (QED) is 0.735. The van der Waals surface area contributed by atoms with Gasteiger partial charge in [-0.15, -0.1) is 0 Å². The molecule has 136 valence electrons. The number of methoxy groups -OCH3 is 1. The molecule has 24 heavy (non-hydrogen) atoms. The van der Waals surface area contributed by atoms with Gasteiger partial charge in [-0.3, -0.25) is 4.79 Å². The Morgan fingerprint density at radius 2 is 1.96 bits per heavy atom. The molecule has 1 aromatic rings. The van der Waals surface area contributed by atoms with Crippen molar-refractivity contribution in [1.29, 1.82) is 0 Å². The second-order valence-corrected chi connectivity index (χ2v) is 8.45. The molecule has 0 spiro atoms. The van der Waals surface area contributed by atoms with Crippen LogP contribution in [-0.4, -0.2) is 46.4 Å². The van der Waals surface area contributed by atoms with Gasteiger partial charge < -0.3 is 10.1 Å². The van der Waals surface area contributed by atoms with E-state index in [0.717, 1.165) is 10.7 Å². The lowest BCUT2D eigenvalue weighted by Crippen LogP contribution is -2.25. The molecule has 0 unspecified atom stereocenters. The van der Waals surface area contributed by atoms with Crippen LogP contribution in [0, 0.1) is 5.92 Å². The molecule has 0 bridgehead atoms. The van der Waals surface area contributed by atoms with Crippen molar-refractivity contribution in [2.45, 2.75) is 38.0 Å². The van der Waals surface area contributed by atoms with E-state index in [-0.39, 0.29) is 10.8 Å². The molecule has 0 aromatic heterocycles. The molecule has 0 atom stereocenters. The third kappa shape index (κ3) is 5.79. The molecule has 0 aliphatic rings. The van der Waals surface area contributed by atoms with Gasteiger partial charge in [-0.05, 0) is 42.5 Å². The Hall–Kier alpha value is -1.60. The fraction of sp³-hybridized carbons (Fsp3) is 0.588. The number of rotatable bonds is 9. The molecular formula is C17H28N2O4S. The lowest BCUT2D eigenvalue weighted by molar-refractivity contribution is -0.121. The number of carbonyl (C=O) groups is 1. The van der Waals surface area contributed by atoms with E-state index in [9.17, 15) is 13.2 Å². The third-order valence-corrected chi connectivity index (χ3v) is 5.51. The molecular weight excluding hydrogens is 328 g/mol. The molecule has 6 nitrogen and oxygen atoms in total. The Balaban J connectivity index is 2.81. The van der Waals surface area contributed by atoms with E-state index in [1.54, 1.807) is 12.1 Å². The molecule has 0 aliphatic carbocycles. The van der Waals surface area contributed by atoms with E-state index in [1.807, 2.05) is 0 Å². The summed E-state index contributed by atoms with van der Waals surface area (Å²) in [5.41, 5.74) is 0.708. The maximum absolute atomic E-state index is 12.2. The number of carbonyl (C=O) groups excluding carboxylic acids is 1. The van der Waals surface area contributed by atoms with Crippen molar-refractivity contribution < 1.29 is 17.9 Å². The number of nitrogens with one attached hydrogen (secondary N) is 1. The third-order valence-electron chi connectivity index (χ3n) is 3.70. The van der Waals surface area contributed by atoms with Crippen molar-refractivity contribution in [3.8, 4) is 5.75 Å². The molecule has 1 aromatic carbocycles. The fourth-order valence-corrected chi connectivity index (χ4v) is 3.11. The number of nitrogens with zero attached hydrogens (tertiary/aromatic N) is 1. The Kier molecular flexibility index (Phi) is 7.69. The second kappa shape index (κ2) is 9.03. The number of sulfonamides is 1. The molecule has 7 heteroatoms. The minimum absolute atomic E-state index is 0.0430. The average molecular weight is 356 g/mol. The van der Waals surface area contributed by atoms with Gasteiger partial charge in [-0.1, -0.05) is 13.8 Å². The van der Waals surface area contributed by atoms with Crippen molar-refractivity contribution in [3.63, 3.8) is 0 Å². The first-order valence-corrected chi connectivity index (χ1v) is 9.48. The predicted octanol–water partition coefficient (Wildman–Crippen LogP) is 2.04. The zero-order chi connectivity index (χ0) is 18.3. The molecule has 0 aliphatic heterocycles. The molecule has 0 fully saturated rings. The fourth-order valence-electron chi connectivity index (χ4n) is 2.16. The molecule has 0 radical (unpaired) electrons. The first-order chi connectivity index (χ1) is 11.2. The van der Waals surface area contributed by atoms with Crippen LogP contribution in [0.25, 0.3) is 0 Å². The Morgan fingerprint density at radius 1 is 1.29 bits per heavy atom. The predicted molar refractivity (Wildman–Crippen MR) is 94.7 cm³/mol. The Morgan fingerprint density at radius 3 is 2.50 bits per heavy atom. The summed E-state index contributed by atoms with van der Waals surface area (Å²) < 4.78 is 30.9. The van der Waals surface area contributed by atoms with Gasteiger partial charge in [0, 0.05) is 27.1 Å². The van der Waals surface area contributed by atoms with Gasteiger partial charge in [0.05, 0.1) is 12.0 Å². The molecule has 0 heterocycles. The summed E-state index contributed by atoms with van der Waals surface area (Å²) in [7, 11) is 0.995. The van der Waals surface area contributed by atoms with Gasteiger partial charge >= 0.3 is 0 Å². The molecule has 0 saturated carbocycles. The summed E-state index contributed by atoms with van der Waals surface area (Å²) >= 11 is 0. The Labute approximate surface area is 145 Å². The van der Waals surface area contributed by atoms with Crippen LogP contribution in [0.1, 0.15) is 32.3 Å². The zero-order valence-electron chi connectivity index (χ0n) is 15.1. The van der Waals surface area contributed by atoms with E-state index >= 15 is 0 Å². The summed E-state index contributed by atoms with van der Waals surface area (Å²) in [4.78, 5) is 12.1. The standard InChI is InChI=1S/C17H28N2O4S/c1-13(2)10-11-18-17(20)9-6-14-12-15(7-8-16(14)23-5)24(21,22)19(3)4/h7-8,12-13H,6,9-11H2,1-5H3,(H,18,20). The van der Waals surface area contributed by atoms with E-state index in [2.05, 4.69) is 19.2 Å². The van der Waals surface area contributed by atoms with Gasteiger partial charge in [-0.25, -0.2) is 12.7 Å². The van der Waals surface area contributed by atoms with Crippen LogP contribution in [0.15, 0.2) is 23.1 Å². The highest BCUT2D eigenvalue weighted by Crippen LogP contribution is 2.25. The van der Waals surface area contributed by atoms with Gasteiger partial charge in [0.1, 0.15) is 5.75 Å². The number of amides is 1.